The van der Waals surface area contributed by atoms with E-state index in [0.717, 1.165) is 31.5 Å². The molecule has 0 radical (unpaired) electrons. The molecule has 108 valence electrons. The molecule has 0 aliphatic carbocycles. The topological polar surface area (TPSA) is 91.3 Å². The fraction of sp³-hybridized carbons (Fsp3) is 0.500. The van der Waals surface area contributed by atoms with Crippen LogP contribution in [0.25, 0.3) is 0 Å². The molecule has 6 heteroatoms. The Morgan fingerprint density at radius 3 is 2.80 bits per heavy atom. The van der Waals surface area contributed by atoms with Gasteiger partial charge in [-0.2, -0.15) is 0 Å². The first-order valence-corrected chi connectivity index (χ1v) is 6.79. The Morgan fingerprint density at radius 2 is 2.20 bits per heavy atom. The van der Waals surface area contributed by atoms with E-state index in [-0.39, 0.29) is 18.2 Å². The first kappa shape index (κ1) is 14.5. The zero-order valence-corrected chi connectivity index (χ0v) is 11.2. The summed E-state index contributed by atoms with van der Waals surface area (Å²) < 4.78 is 0. The Balaban J connectivity index is 1.95. The van der Waals surface area contributed by atoms with Crippen LogP contribution in [0.3, 0.4) is 0 Å². The van der Waals surface area contributed by atoms with Crippen LogP contribution in [0, 0.1) is 5.92 Å². The van der Waals surface area contributed by atoms with E-state index in [1.165, 1.54) is 0 Å². The Morgan fingerprint density at radius 1 is 1.45 bits per heavy atom. The summed E-state index contributed by atoms with van der Waals surface area (Å²) in [6.45, 7) is 1.61. The second-order valence-corrected chi connectivity index (χ2v) is 4.99. The van der Waals surface area contributed by atoms with Gasteiger partial charge >= 0.3 is 5.97 Å². The van der Waals surface area contributed by atoms with E-state index >= 15 is 0 Å². The summed E-state index contributed by atoms with van der Waals surface area (Å²) >= 11 is 0. The third-order valence-corrected chi connectivity index (χ3v) is 3.49. The van der Waals surface area contributed by atoms with Gasteiger partial charge in [0.2, 0.25) is 5.91 Å². The molecule has 1 atom stereocenters. The van der Waals surface area contributed by atoms with Crippen molar-refractivity contribution in [2.45, 2.75) is 25.3 Å². The molecule has 1 aromatic rings. The van der Waals surface area contributed by atoms with Gasteiger partial charge in [0.05, 0.1) is 0 Å². The van der Waals surface area contributed by atoms with Gasteiger partial charge in [-0.1, -0.05) is 6.07 Å². The molecule has 0 spiro atoms. The smallest absolute Gasteiger partial charge is 0.326 e. The number of nitrogens with one attached hydrogen (secondary N) is 2. The van der Waals surface area contributed by atoms with Crippen LogP contribution in [0.5, 0.6) is 0 Å². The van der Waals surface area contributed by atoms with Gasteiger partial charge in [-0.05, 0) is 37.6 Å². The van der Waals surface area contributed by atoms with E-state index < -0.39 is 12.0 Å². The summed E-state index contributed by atoms with van der Waals surface area (Å²) in [5, 5.41) is 15.1. The van der Waals surface area contributed by atoms with E-state index in [2.05, 4.69) is 15.6 Å². The van der Waals surface area contributed by atoms with Crippen molar-refractivity contribution in [3.05, 3.63) is 30.1 Å². The van der Waals surface area contributed by atoms with Gasteiger partial charge in [0.25, 0.3) is 0 Å². The average molecular weight is 277 g/mol. The van der Waals surface area contributed by atoms with Crippen LogP contribution < -0.4 is 10.6 Å². The lowest BCUT2D eigenvalue weighted by Crippen LogP contribution is -2.47. The highest BCUT2D eigenvalue weighted by Crippen LogP contribution is 2.12. The van der Waals surface area contributed by atoms with Crippen LogP contribution in [-0.4, -0.2) is 41.1 Å². The fourth-order valence-electron chi connectivity index (χ4n) is 2.33. The number of piperidine rings is 1. The number of hydrogen-bond acceptors (Lipinski definition) is 4. The number of rotatable bonds is 5. The molecule has 1 aliphatic heterocycles. The van der Waals surface area contributed by atoms with Gasteiger partial charge in [-0.25, -0.2) is 4.79 Å². The van der Waals surface area contributed by atoms with Crippen molar-refractivity contribution in [1.82, 2.24) is 15.6 Å². The summed E-state index contributed by atoms with van der Waals surface area (Å²) in [4.78, 5) is 27.3. The summed E-state index contributed by atoms with van der Waals surface area (Å²) in [6, 6.07) is 2.66. The number of carboxylic acids is 1. The molecule has 20 heavy (non-hydrogen) atoms. The lowest BCUT2D eigenvalue weighted by Gasteiger charge is -2.24. The van der Waals surface area contributed by atoms with Crippen LogP contribution in [0.15, 0.2) is 24.5 Å². The lowest BCUT2D eigenvalue weighted by molar-refractivity contribution is -0.142. The Bertz CT molecular complexity index is 458. The van der Waals surface area contributed by atoms with Crippen LogP contribution in [0.4, 0.5) is 0 Å². The molecule has 1 amide bonds. The third-order valence-electron chi connectivity index (χ3n) is 3.49. The summed E-state index contributed by atoms with van der Waals surface area (Å²) in [5.41, 5.74) is 0.797. The highest BCUT2D eigenvalue weighted by molar-refractivity contribution is 5.85. The van der Waals surface area contributed by atoms with Gasteiger partial charge in [0.1, 0.15) is 6.04 Å². The van der Waals surface area contributed by atoms with Crippen molar-refractivity contribution in [2.24, 2.45) is 5.92 Å². The van der Waals surface area contributed by atoms with Crippen LogP contribution in [0.2, 0.25) is 0 Å². The number of aliphatic carboxylic acids is 1. The fourth-order valence-corrected chi connectivity index (χ4v) is 2.33. The maximum Gasteiger partial charge on any atom is 0.326 e. The predicted molar refractivity (Wildman–Crippen MR) is 73.1 cm³/mol. The lowest BCUT2D eigenvalue weighted by atomic mass is 9.96. The standard InChI is InChI=1S/C14H19N3O3/c18-13(11-3-6-15-7-4-11)17-12(14(19)20)8-10-2-1-5-16-9-10/h1-2,5,9,11-12,15H,3-4,6-8H2,(H,17,18)(H,19,20)/t12-/m0/s1. The second-order valence-electron chi connectivity index (χ2n) is 4.99. The van der Waals surface area contributed by atoms with Crippen molar-refractivity contribution in [3.63, 3.8) is 0 Å². The molecule has 2 heterocycles. The summed E-state index contributed by atoms with van der Waals surface area (Å²) in [6.07, 6.45) is 5.01. The van der Waals surface area contributed by atoms with E-state index in [1.54, 1.807) is 24.5 Å². The minimum absolute atomic E-state index is 0.0907. The van der Waals surface area contributed by atoms with E-state index in [0.29, 0.717) is 0 Å². The molecule has 0 aromatic carbocycles. The molecule has 3 N–H and O–H groups in total. The van der Waals surface area contributed by atoms with Gasteiger partial charge in [-0.15, -0.1) is 0 Å². The molecule has 1 aliphatic rings. The average Bonchev–Trinajstić information content (AvgIpc) is 2.48. The molecule has 1 fully saturated rings. The van der Waals surface area contributed by atoms with Gasteiger partial charge < -0.3 is 15.7 Å². The summed E-state index contributed by atoms with van der Waals surface area (Å²) in [5.74, 6) is -1.27. The molecule has 0 bridgehead atoms. The second kappa shape index (κ2) is 7.00. The number of hydrogen-bond donors (Lipinski definition) is 3. The molecular formula is C14H19N3O3. The quantitative estimate of drug-likeness (QED) is 0.715. The Labute approximate surface area is 117 Å². The number of pyridine rings is 1. The first-order chi connectivity index (χ1) is 9.66. The molecule has 6 nitrogen and oxygen atoms in total. The van der Waals surface area contributed by atoms with Crippen molar-refractivity contribution >= 4 is 11.9 Å². The van der Waals surface area contributed by atoms with E-state index in [1.807, 2.05) is 0 Å². The largest absolute Gasteiger partial charge is 0.480 e. The van der Waals surface area contributed by atoms with E-state index in [4.69, 9.17) is 0 Å². The molecular weight excluding hydrogens is 258 g/mol. The third kappa shape index (κ3) is 4.03. The maximum absolute atomic E-state index is 12.1. The molecule has 2 rings (SSSR count). The van der Waals surface area contributed by atoms with Crippen molar-refractivity contribution in [3.8, 4) is 0 Å². The zero-order chi connectivity index (χ0) is 14.4. The predicted octanol–water partition coefficient (Wildman–Crippen LogP) is 0.193. The number of amides is 1. The van der Waals surface area contributed by atoms with Gasteiger partial charge in [-0.3, -0.25) is 9.78 Å². The molecule has 1 saturated heterocycles. The Hall–Kier alpha value is -1.95. The monoisotopic (exact) mass is 277 g/mol. The van der Waals surface area contributed by atoms with Crippen molar-refractivity contribution < 1.29 is 14.7 Å². The minimum Gasteiger partial charge on any atom is -0.480 e. The number of aromatic nitrogens is 1. The normalized spacial score (nSPS) is 17.4. The maximum atomic E-state index is 12.1. The van der Waals surface area contributed by atoms with Gasteiger partial charge in [0, 0.05) is 24.7 Å². The van der Waals surface area contributed by atoms with Crippen LogP contribution in [0.1, 0.15) is 18.4 Å². The van der Waals surface area contributed by atoms with Crippen LogP contribution >= 0.6 is 0 Å². The minimum atomic E-state index is -1.02. The van der Waals surface area contributed by atoms with E-state index in [9.17, 15) is 14.7 Å². The zero-order valence-electron chi connectivity index (χ0n) is 11.2. The molecule has 0 unspecified atom stereocenters. The van der Waals surface area contributed by atoms with Crippen molar-refractivity contribution in [2.75, 3.05) is 13.1 Å². The number of carbonyl (C=O) groups is 2. The number of nitrogens with zero attached hydrogens (tertiary/aromatic N) is 1. The highest BCUT2D eigenvalue weighted by atomic mass is 16.4. The highest BCUT2D eigenvalue weighted by Gasteiger charge is 2.26. The molecule has 1 aromatic heterocycles. The van der Waals surface area contributed by atoms with Crippen LogP contribution in [-0.2, 0) is 16.0 Å². The number of carbonyl (C=O) groups excluding carboxylic acids is 1. The number of carboxylic acid groups (broad SMARTS) is 1. The summed E-state index contributed by atoms with van der Waals surface area (Å²) in [7, 11) is 0. The first-order valence-electron chi connectivity index (χ1n) is 6.79. The van der Waals surface area contributed by atoms with Gasteiger partial charge in [0.15, 0.2) is 0 Å². The SMILES string of the molecule is O=C(N[C@@H](Cc1cccnc1)C(=O)O)C1CCNCC1. The Kier molecular flexibility index (Phi) is 5.06. The van der Waals surface area contributed by atoms with Crippen molar-refractivity contribution in [1.29, 1.82) is 0 Å². The molecule has 0 saturated carbocycles.